The highest BCUT2D eigenvalue weighted by Crippen LogP contribution is 2.25. The van der Waals surface area contributed by atoms with Gasteiger partial charge in [-0.25, -0.2) is 24.7 Å². The molecule has 1 aliphatic heterocycles. The smallest absolute Gasteiger partial charge is 0.356 e. The fraction of sp³-hybridized carbons (Fsp3) is 0.400. The van der Waals surface area contributed by atoms with Crippen molar-refractivity contribution in [1.82, 2.24) is 19.9 Å². The predicted molar refractivity (Wildman–Crippen MR) is 89.4 cm³/mol. The van der Waals surface area contributed by atoms with E-state index in [2.05, 4.69) is 35.5 Å². The van der Waals surface area contributed by atoms with Crippen molar-refractivity contribution in [1.29, 1.82) is 0 Å². The SMILES string of the molecule is CNc1cc(N2CCCC2CNc2cnc(C(=O)O)cn2)ncn1. The second-order valence-electron chi connectivity index (χ2n) is 5.47. The molecule has 0 bridgehead atoms. The van der Waals surface area contributed by atoms with Crippen LogP contribution in [0, 0.1) is 0 Å². The molecule has 9 heteroatoms. The van der Waals surface area contributed by atoms with Gasteiger partial charge in [0, 0.05) is 32.2 Å². The lowest BCUT2D eigenvalue weighted by Gasteiger charge is -2.26. The molecule has 1 atom stereocenters. The molecule has 1 unspecified atom stereocenters. The number of rotatable bonds is 6. The number of carbonyl (C=O) groups is 1. The van der Waals surface area contributed by atoms with E-state index >= 15 is 0 Å². The van der Waals surface area contributed by atoms with Crippen molar-refractivity contribution in [2.75, 3.05) is 35.7 Å². The Morgan fingerprint density at radius 2 is 2.17 bits per heavy atom. The van der Waals surface area contributed by atoms with E-state index in [4.69, 9.17) is 5.11 Å². The van der Waals surface area contributed by atoms with Crippen LogP contribution in [0.3, 0.4) is 0 Å². The molecule has 1 aliphatic rings. The summed E-state index contributed by atoms with van der Waals surface area (Å²) in [6, 6.07) is 2.21. The zero-order valence-electron chi connectivity index (χ0n) is 13.3. The highest BCUT2D eigenvalue weighted by atomic mass is 16.4. The van der Waals surface area contributed by atoms with E-state index in [0.717, 1.165) is 31.0 Å². The molecule has 3 N–H and O–H groups in total. The second-order valence-corrected chi connectivity index (χ2v) is 5.47. The molecule has 0 spiro atoms. The molecule has 0 amide bonds. The summed E-state index contributed by atoms with van der Waals surface area (Å²) in [7, 11) is 1.83. The van der Waals surface area contributed by atoms with Gasteiger partial charge < -0.3 is 20.6 Å². The molecule has 1 fully saturated rings. The number of carboxylic acids is 1. The standard InChI is InChI=1S/C15H19N7O2/c1-16-12-5-14(21-9-20-12)22-4-2-3-10(22)6-18-13-8-17-11(7-19-13)15(23)24/h5,7-10H,2-4,6H2,1H3,(H,18,19)(H,23,24)(H,16,20,21). The molecule has 2 aromatic heterocycles. The van der Waals surface area contributed by atoms with E-state index in [9.17, 15) is 4.79 Å². The van der Waals surface area contributed by atoms with Crippen molar-refractivity contribution >= 4 is 23.4 Å². The average molecular weight is 329 g/mol. The Hall–Kier alpha value is -2.97. The summed E-state index contributed by atoms with van der Waals surface area (Å²) < 4.78 is 0. The van der Waals surface area contributed by atoms with E-state index < -0.39 is 5.97 Å². The Morgan fingerprint density at radius 1 is 1.29 bits per heavy atom. The van der Waals surface area contributed by atoms with Crippen LogP contribution in [0.1, 0.15) is 23.3 Å². The third-order valence-electron chi connectivity index (χ3n) is 3.97. The van der Waals surface area contributed by atoms with E-state index in [1.54, 1.807) is 6.33 Å². The van der Waals surface area contributed by atoms with Gasteiger partial charge in [0.05, 0.1) is 12.4 Å². The minimum absolute atomic E-state index is 0.0661. The van der Waals surface area contributed by atoms with Crippen molar-refractivity contribution in [2.45, 2.75) is 18.9 Å². The number of nitrogens with zero attached hydrogens (tertiary/aromatic N) is 5. The van der Waals surface area contributed by atoms with Crippen LogP contribution in [-0.2, 0) is 0 Å². The van der Waals surface area contributed by atoms with Gasteiger partial charge in [-0.3, -0.25) is 0 Å². The fourth-order valence-corrected chi connectivity index (χ4v) is 2.74. The Labute approximate surface area is 139 Å². The van der Waals surface area contributed by atoms with Crippen LogP contribution in [0.15, 0.2) is 24.8 Å². The van der Waals surface area contributed by atoms with E-state index in [0.29, 0.717) is 12.4 Å². The van der Waals surface area contributed by atoms with Gasteiger partial charge >= 0.3 is 5.97 Å². The number of hydrogen-bond acceptors (Lipinski definition) is 8. The maximum Gasteiger partial charge on any atom is 0.356 e. The first kappa shape index (κ1) is 15.9. The minimum atomic E-state index is -1.08. The Morgan fingerprint density at radius 3 is 2.88 bits per heavy atom. The number of anilines is 3. The van der Waals surface area contributed by atoms with Crippen LogP contribution in [-0.4, -0.2) is 57.2 Å². The molecule has 0 radical (unpaired) electrons. The molecule has 9 nitrogen and oxygen atoms in total. The summed E-state index contributed by atoms with van der Waals surface area (Å²) in [5.74, 6) is 1.16. The van der Waals surface area contributed by atoms with Gasteiger partial charge in [0.15, 0.2) is 5.69 Å². The molecule has 0 saturated carbocycles. The monoisotopic (exact) mass is 329 g/mol. The zero-order chi connectivity index (χ0) is 16.9. The molecular formula is C15H19N7O2. The second kappa shape index (κ2) is 7.07. The Kier molecular flexibility index (Phi) is 4.69. The molecule has 3 heterocycles. The van der Waals surface area contributed by atoms with Crippen LogP contribution in [0.5, 0.6) is 0 Å². The molecule has 2 aromatic rings. The van der Waals surface area contributed by atoms with Crippen LogP contribution >= 0.6 is 0 Å². The lowest BCUT2D eigenvalue weighted by Crippen LogP contribution is -2.35. The van der Waals surface area contributed by atoms with E-state index in [1.807, 2.05) is 13.1 Å². The summed E-state index contributed by atoms with van der Waals surface area (Å²) in [4.78, 5) is 29.5. The maximum atomic E-state index is 10.8. The van der Waals surface area contributed by atoms with Crippen molar-refractivity contribution in [3.63, 3.8) is 0 Å². The highest BCUT2D eigenvalue weighted by Gasteiger charge is 2.25. The number of nitrogens with one attached hydrogen (secondary N) is 2. The van der Waals surface area contributed by atoms with Crippen LogP contribution < -0.4 is 15.5 Å². The van der Waals surface area contributed by atoms with Gasteiger partial charge in [-0.15, -0.1) is 0 Å². The summed E-state index contributed by atoms with van der Waals surface area (Å²) in [6.45, 7) is 1.62. The lowest BCUT2D eigenvalue weighted by atomic mass is 10.2. The Bertz CT molecular complexity index is 707. The average Bonchev–Trinajstić information content (AvgIpc) is 3.09. The van der Waals surface area contributed by atoms with Gasteiger partial charge in [0.1, 0.15) is 23.8 Å². The summed E-state index contributed by atoms with van der Waals surface area (Å²) >= 11 is 0. The van der Waals surface area contributed by atoms with E-state index in [1.165, 1.54) is 12.4 Å². The number of aromatic nitrogens is 4. The number of hydrogen-bond donors (Lipinski definition) is 3. The Balaban J connectivity index is 1.64. The summed E-state index contributed by atoms with van der Waals surface area (Å²) in [5.41, 5.74) is -0.0661. The van der Waals surface area contributed by atoms with Crippen molar-refractivity contribution in [3.05, 3.63) is 30.5 Å². The summed E-state index contributed by atoms with van der Waals surface area (Å²) in [6.07, 6.45) is 6.38. The summed E-state index contributed by atoms with van der Waals surface area (Å²) in [5, 5.41) is 15.1. The molecule has 126 valence electrons. The first-order chi connectivity index (χ1) is 11.7. The van der Waals surface area contributed by atoms with Gasteiger partial charge in [-0.2, -0.15) is 0 Å². The van der Waals surface area contributed by atoms with Gasteiger partial charge in [-0.05, 0) is 12.8 Å². The van der Waals surface area contributed by atoms with Gasteiger partial charge in [-0.1, -0.05) is 0 Å². The molecule has 0 aromatic carbocycles. The third kappa shape index (κ3) is 3.50. The molecule has 24 heavy (non-hydrogen) atoms. The van der Waals surface area contributed by atoms with Gasteiger partial charge in [0.2, 0.25) is 0 Å². The van der Waals surface area contributed by atoms with Crippen LogP contribution in [0.4, 0.5) is 17.5 Å². The molecule has 0 aliphatic carbocycles. The van der Waals surface area contributed by atoms with E-state index in [-0.39, 0.29) is 11.7 Å². The molecular weight excluding hydrogens is 310 g/mol. The molecule has 3 rings (SSSR count). The zero-order valence-corrected chi connectivity index (χ0v) is 13.3. The normalized spacial score (nSPS) is 16.9. The largest absolute Gasteiger partial charge is 0.476 e. The highest BCUT2D eigenvalue weighted by molar-refractivity contribution is 5.84. The van der Waals surface area contributed by atoms with Gasteiger partial charge in [0.25, 0.3) is 0 Å². The van der Waals surface area contributed by atoms with Crippen molar-refractivity contribution in [3.8, 4) is 0 Å². The van der Waals surface area contributed by atoms with Crippen LogP contribution in [0.2, 0.25) is 0 Å². The lowest BCUT2D eigenvalue weighted by molar-refractivity contribution is 0.0690. The fourth-order valence-electron chi connectivity index (χ4n) is 2.74. The van der Waals surface area contributed by atoms with Crippen molar-refractivity contribution in [2.24, 2.45) is 0 Å². The third-order valence-corrected chi connectivity index (χ3v) is 3.97. The van der Waals surface area contributed by atoms with Crippen molar-refractivity contribution < 1.29 is 9.90 Å². The maximum absolute atomic E-state index is 10.8. The van der Waals surface area contributed by atoms with Crippen LogP contribution in [0.25, 0.3) is 0 Å². The molecule has 1 saturated heterocycles. The topological polar surface area (TPSA) is 116 Å². The number of aromatic carboxylic acids is 1. The first-order valence-corrected chi connectivity index (χ1v) is 7.73. The first-order valence-electron chi connectivity index (χ1n) is 7.73. The number of carboxylic acid groups (broad SMARTS) is 1. The minimum Gasteiger partial charge on any atom is -0.476 e. The quantitative estimate of drug-likeness (QED) is 0.716. The predicted octanol–water partition coefficient (Wildman–Crippen LogP) is 1.09.